The van der Waals surface area contributed by atoms with Crippen molar-refractivity contribution in [2.24, 2.45) is 5.73 Å². The minimum absolute atomic E-state index is 0.115. The number of hydrogen-bond acceptors (Lipinski definition) is 3. The summed E-state index contributed by atoms with van der Waals surface area (Å²) in [6.07, 6.45) is 4.69. The lowest BCUT2D eigenvalue weighted by atomic mass is 10.0. The Kier molecular flexibility index (Phi) is 3.58. The highest BCUT2D eigenvalue weighted by molar-refractivity contribution is 7.12. The van der Waals surface area contributed by atoms with Gasteiger partial charge in [-0.15, -0.1) is 11.3 Å². The van der Waals surface area contributed by atoms with E-state index in [1.807, 2.05) is 23.5 Å². The molecule has 1 heterocycles. The summed E-state index contributed by atoms with van der Waals surface area (Å²) in [5.41, 5.74) is 9.14. The second kappa shape index (κ2) is 5.35. The van der Waals surface area contributed by atoms with E-state index in [0.29, 0.717) is 0 Å². The van der Waals surface area contributed by atoms with Crippen LogP contribution in [0.5, 0.6) is 5.75 Å². The minimum atomic E-state index is 0.115. The van der Waals surface area contributed by atoms with Crippen LogP contribution >= 0.6 is 11.3 Å². The van der Waals surface area contributed by atoms with Crippen LogP contribution < -0.4 is 10.5 Å². The second-order valence-corrected chi connectivity index (χ2v) is 6.28. The Labute approximate surface area is 118 Å². The van der Waals surface area contributed by atoms with E-state index >= 15 is 0 Å². The molecular weight excluding hydrogens is 254 g/mol. The van der Waals surface area contributed by atoms with Crippen LogP contribution in [-0.4, -0.2) is 7.11 Å². The molecule has 0 aliphatic heterocycles. The van der Waals surface area contributed by atoms with Gasteiger partial charge in [0, 0.05) is 15.8 Å². The smallest absolute Gasteiger partial charge is 0.118 e. The zero-order chi connectivity index (χ0) is 13.2. The van der Waals surface area contributed by atoms with Gasteiger partial charge in [-0.1, -0.05) is 12.1 Å². The Bertz CT molecular complexity index is 537. The van der Waals surface area contributed by atoms with Gasteiger partial charge in [0.25, 0.3) is 0 Å². The molecule has 0 saturated carbocycles. The first-order chi connectivity index (χ1) is 9.26. The second-order valence-electron chi connectivity index (χ2n) is 5.11. The molecule has 1 aromatic carbocycles. The fourth-order valence-electron chi connectivity index (χ4n) is 2.65. The Morgan fingerprint density at radius 1 is 1.26 bits per heavy atom. The van der Waals surface area contributed by atoms with Crippen molar-refractivity contribution in [2.75, 3.05) is 7.11 Å². The van der Waals surface area contributed by atoms with Gasteiger partial charge in [0.15, 0.2) is 0 Å². The Morgan fingerprint density at radius 2 is 2.05 bits per heavy atom. The number of ether oxygens (including phenoxy) is 1. The molecule has 1 aliphatic rings. The fraction of sp³-hybridized carbons (Fsp3) is 0.375. The highest BCUT2D eigenvalue weighted by Crippen LogP contribution is 2.34. The van der Waals surface area contributed by atoms with Crippen LogP contribution in [0.1, 0.15) is 33.3 Å². The number of nitrogens with two attached hydrogens (primary N) is 1. The molecule has 1 aliphatic carbocycles. The number of rotatable bonds is 4. The predicted molar refractivity (Wildman–Crippen MR) is 80.0 cm³/mol. The van der Waals surface area contributed by atoms with E-state index in [1.54, 1.807) is 12.0 Å². The highest BCUT2D eigenvalue weighted by atomic mass is 32.1. The van der Waals surface area contributed by atoms with E-state index < -0.39 is 0 Å². The first-order valence-corrected chi connectivity index (χ1v) is 7.58. The van der Waals surface area contributed by atoms with E-state index in [0.717, 1.165) is 12.2 Å². The van der Waals surface area contributed by atoms with Crippen LogP contribution in [0, 0.1) is 0 Å². The van der Waals surface area contributed by atoms with Gasteiger partial charge < -0.3 is 10.5 Å². The lowest BCUT2D eigenvalue weighted by Crippen LogP contribution is -2.11. The van der Waals surface area contributed by atoms with E-state index in [9.17, 15) is 0 Å². The number of hydrogen-bond donors (Lipinski definition) is 1. The van der Waals surface area contributed by atoms with E-state index in [2.05, 4.69) is 18.2 Å². The molecule has 0 bridgehead atoms. The third kappa shape index (κ3) is 2.67. The number of fused-ring (bicyclic) bond motifs is 1. The molecule has 3 heteroatoms. The van der Waals surface area contributed by atoms with Crippen LogP contribution in [0.15, 0.2) is 30.3 Å². The fourth-order valence-corrected chi connectivity index (χ4v) is 3.91. The molecule has 2 N–H and O–H groups in total. The summed E-state index contributed by atoms with van der Waals surface area (Å²) in [7, 11) is 1.69. The Morgan fingerprint density at radius 3 is 2.74 bits per heavy atom. The molecule has 2 aromatic rings. The zero-order valence-corrected chi connectivity index (χ0v) is 12.0. The van der Waals surface area contributed by atoms with Gasteiger partial charge in [-0.05, 0) is 55.0 Å². The SMILES string of the molecule is COc1ccc(CC(N)c2cc3c(s2)CCC3)cc1. The van der Waals surface area contributed by atoms with E-state index in [4.69, 9.17) is 10.5 Å². The maximum absolute atomic E-state index is 6.34. The average Bonchev–Trinajstić information content (AvgIpc) is 3.00. The van der Waals surface area contributed by atoms with Gasteiger partial charge in [0.2, 0.25) is 0 Å². The van der Waals surface area contributed by atoms with Crippen LogP contribution in [0.4, 0.5) is 0 Å². The van der Waals surface area contributed by atoms with Crippen molar-refractivity contribution < 1.29 is 4.74 Å². The summed E-state index contributed by atoms with van der Waals surface area (Å²) >= 11 is 1.91. The summed E-state index contributed by atoms with van der Waals surface area (Å²) in [5.74, 6) is 0.896. The third-order valence-corrected chi connectivity index (χ3v) is 5.11. The molecular formula is C16H19NOS. The third-order valence-electron chi connectivity index (χ3n) is 3.75. The van der Waals surface area contributed by atoms with Crippen molar-refractivity contribution in [3.63, 3.8) is 0 Å². The van der Waals surface area contributed by atoms with Crippen LogP contribution in [0.2, 0.25) is 0 Å². The lowest BCUT2D eigenvalue weighted by Gasteiger charge is -2.10. The first kappa shape index (κ1) is 12.7. The maximum atomic E-state index is 6.34. The monoisotopic (exact) mass is 273 g/mol. The van der Waals surface area contributed by atoms with Gasteiger partial charge in [0.05, 0.1) is 7.11 Å². The van der Waals surface area contributed by atoms with Crippen molar-refractivity contribution in [3.05, 3.63) is 51.2 Å². The quantitative estimate of drug-likeness (QED) is 0.925. The van der Waals surface area contributed by atoms with Crippen molar-refractivity contribution in [2.45, 2.75) is 31.7 Å². The van der Waals surface area contributed by atoms with Crippen LogP contribution in [0.3, 0.4) is 0 Å². The van der Waals surface area contributed by atoms with Crippen molar-refractivity contribution in [1.29, 1.82) is 0 Å². The molecule has 0 spiro atoms. The summed E-state index contributed by atoms with van der Waals surface area (Å²) < 4.78 is 5.17. The maximum Gasteiger partial charge on any atom is 0.118 e. The van der Waals surface area contributed by atoms with Crippen molar-refractivity contribution in [1.82, 2.24) is 0 Å². The van der Waals surface area contributed by atoms with E-state index in [-0.39, 0.29) is 6.04 Å². The van der Waals surface area contributed by atoms with Gasteiger partial charge >= 0.3 is 0 Å². The highest BCUT2D eigenvalue weighted by Gasteiger charge is 2.18. The molecule has 0 radical (unpaired) electrons. The van der Waals surface area contributed by atoms with Gasteiger partial charge in [-0.2, -0.15) is 0 Å². The standard InChI is InChI=1S/C16H19NOS/c1-18-13-7-5-11(6-8-13)9-14(17)16-10-12-3-2-4-15(12)19-16/h5-8,10,14H,2-4,9,17H2,1H3. The van der Waals surface area contributed by atoms with Gasteiger partial charge in [0.1, 0.15) is 5.75 Å². The largest absolute Gasteiger partial charge is 0.497 e. The molecule has 1 unspecified atom stereocenters. The predicted octanol–water partition coefficient (Wildman–Crippen LogP) is 3.49. The lowest BCUT2D eigenvalue weighted by molar-refractivity contribution is 0.414. The average molecular weight is 273 g/mol. The van der Waals surface area contributed by atoms with Crippen molar-refractivity contribution in [3.8, 4) is 5.75 Å². The molecule has 100 valence electrons. The number of methoxy groups -OCH3 is 1. The molecule has 1 atom stereocenters. The van der Waals surface area contributed by atoms with Crippen LogP contribution in [-0.2, 0) is 19.3 Å². The topological polar surface area (TPSA) is 35.2 Å². The van der Waals surface area contributed by atoms with E-state index in [1.165, 1.54) is 35.3 Å². The molecule has 0 fully saturated rings. The number of aryl methyl sites for hydroxylation is 2. The zero-order valence-electron chi connectivity index (χ0n) is 11.2. The summed E-state index contributed by atoms with van der Waals surface area (Å²) in [6.45, 7) is 0. The first-order valence-electron chi connectivity index (χ1n) is 6.76. The summed E-state index contributed by atoms with van der Waals surface area (Å²) in [6, 6.07) is 10.6. The normalized spacial score (nSPS) is 15.3. The van der Waals surface area contributed by atoms with Crippen LogP contribution in [0.25, 0.3) is 0 Å². The Hall–Kier alpha value is -1.32. The summed E-state index contributed by atoms with van der Waals surface area (Å²) in [5, 5.41) is 0. The molecule has 1 aromatic heterocycles. The molecule has 19 heavy (non-hydrogen) atoms. The Balaban J connectivity index is 1.70. The molecule has 0 saturated heterocycles. The minimum Gasteiger partial charge on any atom is -0.497 e. The van der Waals surface area contributed by atoms with Crippen molar-refractivity contribution >= 4 is 11.3 Å². The number of benzene rings is 1. The molecule has 3 rings (SSSR count). The number of thiophene rings is 1. The molecule has 0 amide bonds. The molecule has 2 nitrogen and oxygen atoms in total. The summed E-state index contributed by atoms with van der Waals surface area (Å²) in [4.78, 5) is 2.89. The van der Waals surface area contributed by atoms with Gasteiger partial charge in [-0.3, -0.25) is 0 Å². The van der Waals surface area contributed by atoms with Gasteiger partial charge in [-0.25, -0.2) is 0 Å².